The Morgan fingerprint density at radius 2 is 2.08 bits per heavy atom. The van der Waals surface area contributed by atoms with Crippen molar-refractivity contribution >= 4 is 0 Å². The van der Waals surface area contributed by atoms with Crippen LogP contribution in [0.1, 0.15) is 38.1 Å². The van der Waals surface area contributed by atoms with Crippen LogP contribution in [-0.2, 0) is 0 Å². The summed E-state index contributed by atoms with van der Waals surface area (Å²) >= 11 is 0. The lowest BCUT2D eigenvalue weighted by molar-refractivity contribution is 0.328. The SMILES string of the molecule is Oc1cnn(C2CCCCC2)c1. The van der Waals surface area contributed by atoms with E-state index in [1.807, 2.05) is 4.68 Å². The minimum Gasteiger partial charge on any atom is -0.505 e. The fourth-order valence-electron chi connectivity index (χ4n) is 1.87. The first kappa shape index (κ1) is 7.65. The van der Waals surface area contributed by atoms with E-state index in [-0.39, 0.29) is 5.75 Å². The maximum Gasteiger partial charge on any atom is 0.153 e. The Labute approximate surface area is 72.0 Å². The Hall–Kier alpha value is -0.990. The van der Waals surface area contributed by atoms with Gasteiger partial charge in [-0.25, -0.2) is 0 Å². The van der Waals surface area contributed by atoms with Gasteiger partial charge in [0.1, 0.15) is 0 Å². The molecule has 1 aromatic rings. The number of rotatable bonds is 1. The molecule has 0 aliphatic heterocycles. The summed E-state index contributed by atoms with van der Waals surface area (Å²) in [5.74, 6) is 0.278. The van der Waals surface area contributed by atoms with Crippen LogP contribution in [0.3, 0.4) is 0 Å². The van der Waals surface area contributed by atoms with Gasteiger partial charge in [0.25, 0.3) is 0 Å². The minimum atomic E-state index is 0.278. The maximum atomic E-state index is 9.10. The second kappa shape index (κ2) is 3.17. The summed E-state index contributed by atoms with van der Waals surface area (Å²) < 4.78 is 1.90. The van der Waals surface area contributed by atoms with Crippen molar-refractivity contribution in [3.05, 3.63) is 12.4 Å². The summed E-state index contributed by atoms with van der Waals surface area (Å²) in [7, 11) is 0. The summed E-state index contributed by atoms with van der Waals surface area (Å²) in [4.78, 5) is 0. The molecule has 1 heterocycles. The maximum absolute atomic E-state index is 9.10. The Morgan fingerprint density at radius 3 is 2.67 bits per heavy atom. The van der Waals surface area contributed by atoms with E-state index in [0.717, 1.165) is 0 Å². The number of hydrogen-bond acceptors (Lipinski definition) is 2. The monoisotopic (exact) mass is 166 g/mol. The van der Waals surface area contributed by atoms with Crippen molar-refractivity contribution in [2.75, 3.05) is 0 Å². The van der Waals surface area contributed by atoms with Gasteiger partial charge in [-0.1, -0.05) is 19.3 Å². The lowest BCUT2D eigenvalue weighted by Gasteiger charge is -2.21. The van der Waals surface area contributed by atoms with Gasteiger partial charge in [-0.3, -0.25) is 4.68 Å². The quantitative estimate of drug-likeness (QED) is 0.693. The average molecular weight is 166 g/mol. The van der Waals surface area contributed by atoms with E-state index >= 15 is 0 Å². The largest absolute Gasteiger partial charge is 0.505 e. The number of aromatic nitrogens is 2. The van der Waals surface area contributed by atoms with E-state index in [9.17, 15) is 0 Å². The standard InChI is InChI=1S/C9H14N2O/c12-9-6-10-11(7-9)8-4-2-1-3-5-8/h6-8,12H,1-5H2. The molecule has 0 atom stereocenters. The number of aromatic hydroxyl groups is 1. The molecule has 1 aliphatic rings. The molecule has 0 bridgehead atoms. The first-order chi connectivity index (χ1) is 5.86. The van der Waals surface area contributed by atoms with Gasteiger partial charge in [-0.2, -0.15) is 5.10 Å². The fraction of sp³-hybridized carbons (Fsp3) is 0.667. The molecule has 12 heavy (non-hydrogen) atoms. The normalized spacial score (nSPS) is 19.7. The smallest absolute Gasteiger partial charge is 0.153 e. The second-order valence-corrected chi connectivity index (χ2v) is 3.47. The molecule has 1 fully saturated rings. The molecule has 0 unspecified atom stereocenters. The van der Waals surface area contributed by atoms with Gasteiger partial charge >= 0.3 is 0 Å². The molecule has 3 heteroatoms. The van der Waals surface area contributed by atoms with Gasteiger partial charge in [0, 0.05) is 0 Å². The van der Waals surface area contributed by atoms with Crippen molar-refractivity contribution in [2.45, 2.75) is 38.1 Å². The number of hydrogen-bond donors (Lipinski definition) is 1. The lowest BCUT2D eigenvalue weighted by atomic mass is 9.96. The van der Waals surface area contributed by atoms with Gasteiger partial charge in [0.05, 0.1) is 18.4 Å². The van der Waals surface area contributed by atoms with E-state index < -0.39 is 0 Å². The summed E-state index contributed by atoms with van der Waals surface area (Å²) in [6.45, 7) is 0. The third kappa shape index (κ3) is 1.44. The highest BCUT2D eigenvalue weighted by molar-refractivity contribution is 5.09. The van der Waals surface area contributed by atoms with Crippen LogP contribution in [0, 0.1) is 0 Å². The van der Waals surface area contributed by atoms with Crippen molar-refractivity contribution < 1.29 is 5.11 Å². The third-order valence-corrected chi connectivity index (χ3v) is 2.54. The van der Waals surface area contributed by atoms with E-state index in [1.54, 1.807) is 6.20 Å². The summed E-state index contributed by atoms with van der Waals surface area (Å²) in [5, 5.41) is 13.2. The Morgan fingerprint density at radius 1 is 1.33 bits per heavy atom. The van der Waals surface area contributed by atoms with E-state index in [1.165, 1.54) is 38.3 Å². The van der Waals surface area contributed by atoms with Gasteiger partial charge in [-0.05, 0) is 12.8 Å². The van der Waals surface area contributed by atoms with E-state index in [0.29, 0.717) is 6.04 Å². The molecular weight excluding hydrogens is 152 g/mol. The Bertz CT molecular complexity index is 251. The van der Waals surface area contributed by atoms with Crippen LogP contribution in [0.25, 0.3) is 0 Å². The van der Waals surface area contributed by atoms with Gasteiger partial charge in [-0.15, -0.1) is 0 Å². The molecule has 0 spiro atoms. The molecule has 0 saturated heterocycles. The van der Waals surface area contributed by atoms with Gasteiger partial charge in [0.2, 0.25) is 0 Å². The molecule has 0 amide bonds. The highest BCUT2D eigenvalue weighted by Crippen LogP contribution is 2.28. The lowest BCUT2D eigenvalue weighted by Crippen LogP contribution is -2.12. The van der Waals surface area contributed by atoms with Crippen LogP contribution in [0.5, 0.6) is 5.75 Å². The van der Waals surface area contributed by atoms with E-state index in [4.69, 9.17) is 5.11 Å². The van der Waals surface area contributed by atoms with E-state index in [2.05, 4.69) is 5.10 Å². The Kier molecular flexibility index (Phi) is 2.02. The molecule has 0 radical (unpaired) electrons. The third-order valence-electron chi connectivity index (χ3n) is 2.54. The molecule has 3 nitrogen and oxygen atoms in total. The molecule has 66 valence electrons. The van der Waals surface area contributed by atoms with Crippen LogP contribution < -0.4 is 0 Å². The van der Waals surface area contributed by atoms with Crippen molar-refractivity contribution in [2.24, 2.45) is 0 Å². The van der Waals surface area contributed by atoms with Crippen molar-refractivity contribution in [3.8, 4) is 5.75 Å². The molecule has 1 aromatic heterocycles. The van der Waals surface area contributed by atoms with Crippen LogP contribution in [0.4, 0.5) is 0 Å². The zero-order valence-electron chi connectivity index (χ0n) is 7.11. The zero-order valence-corrected chi connectivity index (χ0v) is 7.11. The summed E-state index contributed by atoms with van der Waals surface area (Å²) in [6, 6.07) is 0.527. The van der Waals surface area contributed by atoms with Crippen molar-refractivity contribution in [3.63, 3.8) is 0 Å². The molecule has 0 aromatic carbocycles. The van der Waals surface area contributed by atoms with Crippen molar-refractivity contribution in [1.82, 2.24) is 9.78 Å². The van der Waals surface area contributed by atoms with Crippen LogP contribution in [-0.4, -0.2) is 14.9 Å². The fourth-order valence-corrected chi connectivity index (χ4v) is 1.87. The predicted molar refractivity (Wildman–Crippen MR) is 46.0 cm³/mol. The minimum absolute atomic E-state index is 0.278. The molecule has 1 aliphatic carbocycles. The first-order valence-corrected chi connectivity index (χ1v) is 4.59. The van der Waals surface area contributed by atoms with Crippen LogP contribution in [0.15, 0.2) is 12.4 Å². The van der Waals surface area contributed by atoms with Crippen LogP contribution in [0.2, 0.25) is 0 Å². The molecule has 1 saturated carbocycles. The van der Waals surface area contributed by atoms with Gasteiger partial charge < -0.3 is 5.11 Å². The predicted octanol–water partition coefficient (Wildman–Crippen LogP) is 2.09. The zero-order chi connectivity index (χ0) is 8.39. The van der Waals surface area contributed by atoms with Crippen LogP contribution >= 0.6 is 0 Å². The molecule has 1 N–H and O–H groups in total. The summed E-state index contributed by atoms with van der Waals surface area (Å²) in [6.07, 6.45) is 9.59. The Balaban J connectivity index is 2.08. The molecule has 2 rings (SSSR count). The number of nitrogens with zero attached hydrogens (tertiary/aromatic N) is 2. The highest BCUT2D eigenvalue weighted by atomic mass is 16.3. The molecular formula is C9H14N2O. The average Bonchev–Trinajstić information content (AvgIpc) is 2.54. The second-order valence-electron chi connectivity index (χ2n) is 3.47. The highest BCUT2D eigenvalue weighted by Gasteiger charge is 2.15. The van der Waals surface area contributed by atoms with Crippen molar-refractivity contribution in [1.29, 1.82) is 0 Å². The summed E-state index contributed by atoms with van der Waals surface area (Å²) in [5.41, 5.74) is 0. The topological polar surface area (TPSA) is 38.1 Å². The first-order valence-electron chi connectivity index (χ1n) is 4.59. The van der Waals surface area contributed by atoms with Gasteiger partial charge in [0.15, 0.2) is 5.75 Å².